The predicted octanol–water partition coefficient (Wildman–Crippen LogP) is 18.9. The van der Waals surface area contributed by atoms with Gasteiger partial charge in [-0.3, -0.25) is 0 Å². The lowest BCUT2D eigenvalue weighted by atomic mass is 9.46. The van der Waals surface area contributed by atoms with Crippen LogP contribution < -0.4 is 20.0 Å². The van der Waals surface area contributed by atoms with E-state index in [1.165, 1.54) is 151 Å². The maximum atomic E-state index is 7.32. The zero-order valence-electron chi connectivity index (χ0n) is 45.4. The van der Waals surface area contributed by atoms with Crippen molar-refractivity contribution in [1.29, 1.82) is 0 Å². The first-order chi connectivity index (χ1) is 35.1. The molecule has 7 aromatic carbocycles. The molecule has 2 aliphatic heterocycles. The summed E-state index contributed by atoms with van der Waals surface area (Å²) < 4.78 is 12.8. The third-order valence-electron chi connectivity index (χ3n) is 19.8. The Labute approximate surface area is 445 Å². The summed E-state index contributed by atoms with van der Waals surface area (Å²) in [5, 5.41) is 6.41. The second-order valence-electron chi connectivity index (χ2n) is 27.2. The van der Waals surface area contributed by atoms with Crippen molar-refractivity contribution in [3.05, 3.63) is 149 Å². The maximum absolute atomic E-state index is 7.32. The van der Waals surface area contributed by atoms with Crippen molar-refractivity contribution >= 4 is 120 Å². The summed E-state index contributed by atoms with van der Waals surface area (Å²) in [4.78, 5) is 5.47. The molecule has 0 amide bonds. The van der Waals surface area contributed by atoms with E-state index in [1.54, 1.807) is 0 Å². The van der Waals surface area contributed by atoms with E-state index in [9.17, 15) is 0 Å². The van der Waals surface area contributed by atoms with Gasteiger partial charge in [0.25, 0.3) is 0 Å². The van der Waals surface area contributed by atoms with Crippen LogP contribution in [-0.2, 0) is 32.5 Å². The van der Waals surface area contributed by atoms with Crippen LogP contribution in [0.4, 0.5) is 28.4 Å². The van der Waals surface area contributed by atoms with Gasteiger partial charge in [0.1, 0.15) is 11.2 Å². The fourth-order valence-corrected chi connectivity index (χ4v) is 17.4. The first-order valence-electron chi connectivity index (χ1n) is 27.6. The molecule has 0 saturated heterocycles. The molecule has 74 heavy (non-hydrogen) atoms. The number of thiophene rings is 2. The molecular weight excluding hydrogens is 936 g/mol. The van der Waals surface area contributed by atoms with Crippen LogP contribution in [0.1, 0.15) is 155 Å². The lowest BCUT2D eigenvalue weighted by Crippen LogP contribution is -2.60. The number of fused-ring (bicyclic) bond motifs is 16. The third kappa shape index (κ3) is 6.07. The van der Waals surface area contributed by atoms with Crippen molar-refractivity contribution in [2.24, 2.45) is 0 Å². The van der Waals surface area contributed by atoms with E-state index >= 15 is 0 Å². The van der Waals surface area contributed by atoms with Crippen LogP contribution >= 0.6 is 22.7 Å². The van der Waals surface area contributed by atoms with E-state index in [1.807, 2.05) is 22.7 Å². The number of hydrogen-bond acceptors (Lipinski definition) is 5. The molecule has 5 heterocycles. The van der Waals surface area contributed by atoms with Crippen molar-refractivity contribution in [3.8, 4) is 11.1 Å². The molecule has 0 radical (unpaired) electrons. The first kappa shape index (κ1) is 45.6. The third-order valence-corrected chi connectivity index (χ3v) is 22.1. The van der Waals surface area contributed by atoms with Crippen molar-refractivity contribution < 1.29 is 4.42 Å². The summed E-state index contributed by atoms with van der Waals surface area (Å²) in [6, 6.07) is 45.8. The zero-order chi connectivity index (χ0) is 51.0. The van der Waals surface area contributed by atoms with Gasteiger partial charge in [0.2, 0.25) is 0 Å². The molecular formula is C68H67BN2OS2. The Bertz CT molecular complexity index is 4120. The Morgan fingerprint density at radius 3 is 1.61 bits per heavy atom. The number of nitrogens with zero attached hydrogens (tertiary/aromatic N) is 2. The molecule has 6 heteroatoms. The molecule has 3 aliphatic carbocycles. The van der Waals surface area contributed by atoms with Gasteiger partial charge in [-0.1, -0.05) is 126 Å². The Hall–Kier alpha value is -5.82. The molecule has 0 atom stereocenters. The highest BCUT2D eigenvalue weighted by Gasteiger charge is 2.50. The lowest BCUT2D eigenvalue weighted by molar-refractivity contribution is 0.332. The van der Waals surface area contributed by atoms with Gasteiger partial charge in [0, 0.05) is 79.7 Å². The zero-order valence-corrected chi connectivity index (χ0v) is 47.0. The van der Waals surface area contributed by atoms with E-state index in [0.717, 1.165) is 23.0 Å². The summed E-state index contributed by atoms with van der Waals surface area (Å²) in [6.45, 7) is 29.5. The molecule has 5 aliphatic rings. The number of para-hydroxylation sites is 2. The normalized spacial score (nSPS) is 20.1. The van der Waals surface area contributed by atoms with Crippen LogP contribution in [0.3, 0.4) is 0 Å². The van der Waals surface area contributed by atoms with Gasteiger partial charge in [-0.2, -0.15) is 0 Å². The van der Waals surface area contributed by atoms with Crippen molar-refractivity contribution in [1.82, 2.24) is 0 Å². The molecule has 10 aromatic rings. The summed E-state index contributed by atoms with van der Waals surface area (Å²) >= 11 is 4.01. The molecule has 0 spiro atoms. The van der Waals surface area contributed by atoms with Gasteiger partial charge in [-0.15, -0.1) is 22.7 Å². The average Bonchev–Trinajstić information content (AvgIpc) is 4.05. The van der Waals surface area contributed by atoms with Crippen LogP contribution in [-0.4, -0.2) is 6.85 Å². The number of anilines is 5. The Morgan fingerprint density at radius 1 is 0.432 bits per heavy atom. The van der Waals surface area contributed by atoms with E-state index < -0.39 is 0 Å². The van der Waals surface area contributed by atoms with E-state index in [4.69, 9.17) is 4.42 Å². The smallest absolute Gasteiger partial charge is 0.343 e. The van der Waals surface area contributed by atoms with E-state index in [2.05, 4.69) is 208 Å². The van der Waals surface area contributed by atoms with Crippen LogP contribution in [0.5, 0.6) is 0 Å². The molecule has 3 nitrogen and oxygen atoms in total. The minimum Gasteiger partial charge on any atom is -0.455 e. The number of furan rings is 1. The molecule has 0 unspecified atom stereocenters. The predicted molar refractivity (Wildman–Crippen MR) is 322 cm³/mol. The van der Waals surface area contributed by atoms with Gasteiger partial charge in [-0.05, 0) is 183 Å². The molecule has 370 valence electrons. The Kier molecular flexibility index (Phi) is 8.96. The van der Waals surface area contributed by atoms with Crippen LogP contribution in [0.2, 0.25) is 0 Å². The number of hydrogen-bond donors (Lipinski definition) is 0. The molecule has 0 N–H and O–H groups in total. The highest BCUT2D eigenvalue weighted by atomic mass is 32.1. The van der Waals surface area contributed by atoms with Crippen LogP contribution in [0, 0.1) is 0 Å². The highest BCUT2D eigenvalue weighted by Crippen LogP contribution is 2.58. The van der Waals surface area contributed by atoms with Gasteiger partial charge in [0.05, 0.1) is 5.69 Å². The second-order valence-corrected chi connectivity index (χ2v) is 29.4. The highest BCUT2D eigenvalue weighted by molar-refractivity contribution is 7.32. The number of rotatable bonds is 2. The van der Waals surface area contributed by atoms with Crippen LogP contribution in [0.25, 0.3) is 63.3 Å². The standard InChI is InChI=1S/C68H67BN2OS2/c1-63(2)24-25-64(3,4)47-30-39(22-23-46(47)63)70-53-34-43-40-20-16-17-21-54(40)72-61(43)58-44-31-41-42-32-48-50(67(9,10)28-26-65(48,5)6)35-55(42)73-57(41)37-52(44)71(38-18-14-13-15-19-38)69(59(53)58)62-60(70)45-33-49-51(36-56(45)74-62)68(11,12)29-27-66(49,7)8/h13-23,30-37H,24-29H2,1-12H3. The molecule has 0 saturated carbocycles. The topological polar surface area (TPSA) is 19.6 Å². The summed E-state index contributed by atoms with van der Waals surface area (Å²) in [6.07, 6.45) is 7.10. The SMILES string of the molecule is CC1(C)CCC(C)(C)c2cc(N3c4cc5c(oc6ccccc65)c5c4B(c4sc6cc7c(cc6c43)C(C)(C)CCC7(C)C)N(c3ccccc3)c3cc4sc6cc7c(cc6c4cc3-5)C(C)(C)CCC7(C)C)ccc21. The first-order valence-corrected chi connectivity index (χ1v) is 29.2. The molecule has 0 bridgehead atoms. The summed E-state index contributed by atoms with van der Waals surface area (Å²) in [5.41, 5.74) is 21.5. The maximum Gasteiger partial charge on any atom is 0.343 e. The van der Waals surface area contributed by atoms with Gasteiger partial charge >= 0.3 is 6.85 Å². The van der Waals surface area contributed by atoms with E-state index in [-0.39, 0.29) is 39.3 Å². The van der Waals surface area contributed by atoms with Crippen LogP contribution in [0.15, 0.2) is 120 Å². The second kappa shape index (κ2) is 14.6. The summed E-state index contributed by atoms with van der Waals surface area (Å²) in [7, 11) is 0. The lowest BCUT2D eigenvalue weighted by Gasteiger charge is -2.46. The van der Waals surface area contributed by atoms with Crippen molar-refractivity contribution in [2.75, 3.05) is 9.71 Å². The number of benzene rings is 7. The van der Waals surface area contributed by atoms with Gasteiger partial charge < -0.3 is 14.1 Å². The summed E-state index contributed by atoms with van der Waals surface area (Å²) in [5.74, 6) is 0. The monoisotopic (exact) mass is 1000 g/mol. The van der Waals surface area contributed by atoms with Crippen molar-refractivity contribution in [3.63, 3.8) is 0 Å². The van der Waals surface area contributed by atoms with Crippen molar-refractivity contribution in [2.45, 2.75) is 154 Å². The molecule has 0 fully saturated rings. The fraction of sp³-hybridized carbons (Fsp3) is 0.353. The van der Waals surface area contributed by atoms with Gasteiger partial charge in [0.15, 0.2) is 0 Å². The molecule has 15 rings (SSSR count). The van der Waals surface area contributed by atoms with Gasteiger partial charge in [-0.25, -0.2) is 0 Å². The Morgan fingerprint density at radius 2 is 0.959 bits per heavy atom. The fourth-order valence-electron chi connectivity index (χ4n) is 14.9. The minimum absolute atomic E-state index is 0.0412. The average molecular weight is 1000 g/mol. The Balaban J connectivity index is 1.11. The van der Waals surface area contributed by atoms with E-state index in [0.29, 0.717) is 0 Å². The molecule has 3 aromatic heterocycles. The minimum atomic E-state index is -0.122. The quantitative estimate of drug-likeness (QED) is 0.161. The largest absolute Gasteiger partial charge is 0.455 e.